The number of piperidine rings is 1. The topological polar surface area (TPSA) is 33.1 Å². The average Bonchev–Trinajstić information content (AvgIpc) is 2.76. The highest BCUT2D eigenvalue weighted by atomic mass is 15.3. The number of nitrogens with zero attached hydrogens (tertiary/aromatic N) is 3. The van der Waals surface area contributed by atoms with E-state index in [4.69, 9.17) is 0 Å². The Morgan fingerprint density at radius 3 is 2.81 bits per heavy atom. The summed E-state index contributed by atoms with van der Waals surface area (Å²) in [4.78, 5) is 2.60. The summed E-state index contributed by atoms with van der Waals surface area (Å²) < 4.78 is 2.15. The lowest BCUT2D eigenvalue weighted by molar-refractivity contribution is 0.156. The number of likely N-dealkylation sites (tertiary alicyclic amines) is 1. The summed E-state index contributed by atoms with van der Waals surface area (Å²) in [7, 11) is 0. The fourth-order valence-corrected chi connectivity index (χ4v) is 3.14. The summed E-state index contributed by atoms with van der Waals surface area (Å²) in [6.45, 7) is 16.6. The molecule has 1 aliphatic heterocycles. The number of rotatable bonds is 5. The summed E-state index contributed by atoms with van der Waals surface area (Å²) in [5, 5.41) is 8.22. The lowest BCUT2D eigenvalue weighted by Crippen LogP contribution is -2.44. The van der Waals surface area contributed by atoms with E-state index in [9.17, 15) is 0 Å². The van der Waals surface area contributed by atoms with Crippen LogP contribution in [-0.4, -0.2) is 39.9 Å². The first-order valence-electron chi connectivity index (χ1n) is 8.38. The van der Waals surface area contributed by atoms with Gasteiger partial charge in [-0.2, -0.15) is 5.10 Å². The fourth-order valence-electron chi connectivity index (χ4n) is 3.14. The third kappa shape index (κ3) is 5.11. The standard InChI is InChI=1S/C17H32N4/c1-6-21-16(10-14(2)19-21)13-20-9-7-8-15(12-20)11-18-17(3,4)5/h10,15,18H,6-9,11-13H2,1-5H3. The van der Waals surface area contributed by atoms with Crippen LogP contribution in [0.15, 0.2) is 6.07 Å². The predicted octanol–water partition coefficient (Wildman–Crippen LogP) is 2.81. The van der Waals surface area contributed by atoms with Crippen LogP contribution in [0.4, 0.5) is 0 Å². The molecular formula is C17H32N4. The molecule has 0 aliphatic carbocycles. The molecule has 1 unspecified atom stereocenters. The van der Waals surface area contributed by atoms with Crippen LogP contribution in [0.1, 0.15) is 51.9 Å². The smallest absolute Gasteiger partial charge is 0.0597 e. The molecule has 0 radical (unpaired) electrons. The van der Waals surface area contributed by atoms with Crippen molar-refractivity contribution in [3.8, 4) is 0 Å². The average molecular weight is 292 g/mol. The van der Waals surface area contributed by atoms with E-state index in [1.165, 1.54) is 31.6 Å². The maximum absolute atomic E-state index is 4.56. The molecule has 1 saturated heterocycles. The molecule has 1 aromatic heterocycles. The van der Waals surface area contributed by atoms with Gasteiger partial charge in [0.1, 0.15) is 0 Å². The summed E-state index contributed by atoms with van der Waals surface area (Å²) in [5.74, 6) is 0.775. The van der Waals surface area contributed by atoms with Crippen LogP contribution < -0.4 is 5.32 Å². The Labute approximate surface area is 129 Å². The molecule has 2 rings (SSSR count). The van der Waals surface area contributed by atoms with E-state index in [1.807, 2.05) is 0 Å². The molecule has 1 aliphatic rings. The Bertz CT molecular complexity index is 444. The highest BCUT2D eigenvalue weighted by Crippen LogP contribution is 2.19. The summed E-state index contributed by atoms with van der Waals surface area (Å²) in [6, 6.07) is 2.24. The van der Waals surface area contributed by atoms with Crippen molar-refractivity contribution in [3.05, 3.63) is 17.5 Å². The lowest BCUT2D eigenvalue weighted by Gasteiger charge is -2.34. The van der Waals surface area contributed by atoms with E-state index in [-0.39, 0.29) is 5.54 Å². The molecular weight excluding hydrogens is 260 g/mol. The Kier molecular flexibility index (Phi) is 5.44. The van der Waals surface area contributed by atoms with Gasteiger partial charge >= 0.3 is 0 Å². The number of nitrogens with one attached hydrogen (secondary N) is 1. The largest absolute Gasteiger partial charge is 0.312 e. The zero-order valence-corrected chi connectivity index (χ0v) is 14.4. The van der Waals surface area contributed by atoms with Crippen LogP contribution >= 0.6 is 0 Å². The SMILES string of the molecule is CCn1nc(C)cc1CN1CCCC(CNC(C)(C)C)C1. The molecule has 0 amide bonds. The van der Waals surface area contributed by atoms with Gasteiger partial charge in [-0.05, 0) is 72.5 Å². The van der Waals surface area contributed by atoms with Crippen molar-refractivity contribution in [1.29, 1.82) is 0 Å². The Hall–Kier alpha value is -0.870. The maximum atomic E-state index is 4.56. The first-order valence-corrected chi connectivity index (χ1v) is 8.38. The monoisotopic (exact) mass is 292 g/mol. The third-order valence-electron chi connectivity index (χ3n) is 4.19. The van der Waals surface area contributed by atoms with Crippen molar-refractivity contribution in [2.75, 3.05) is 19.6 Å². The van der Waals surface area contributed by atoms with Gasteiger partial charge in [-0.1, -0.05) is 0 Å². The Balaban J connectivity index is 1.89. The molecule has 4 nitrogen and oxygen atoms in total. The molecule has 0 bridgehead atoms. The van der Waals surface area contributed by atoms with Crippen molar-refractivity contribution < 1.29 is 0 Å². The number of hydrogen-bond donors (Lipinski definition) is 1. The second-order valence-corrected chi connectivity index (χ2v) is 7.47. The molecule has 0 aromatic carbocycles. The fraction of sp³-hybridized carbons (Fsp3) is 0.824. The minimum atomic E-state index is 0.222. The molecule has 1 fully saturated rings. The van der Waals surface area contributed by atoms with Gasteiger partial charge in [-0.25, -0.2) is 0 Å². The Morgan fingerprint density at radius 1 is 1.38 bits per heavy atom. The molecule has 1 N–H and O–H groups in total. The first kappa shape index (κ1) is 16.5. The van der Waals surface area contributed by atoms with Gasteiger partial charge in [0.25, 0.3) is 0 Å². The van der Waals surface area contributed by atoms with Gasteiger partial charge in [0.2, 0.25) is 0 Å². The molecule has 2 heterocycles. The zero-order valence-electron chi connectivity index (χ0n) is 14.4. The highest BCUT2D eigenvalue weighted by Gasteiger charge is 2.22. The first-order chi connectivity index (χ1) is 9.87. The Morgan fingerprint density at radius 2 is 2.14 bits per heavy atom. The van der Waals surface area contributed by atoms with Crippen LogP contribution in [0.5, 0.6) is 0 Å². The van der Waals surface area contributed by atoms with Crippen molar-refractivity contribution in [2.45, 2.75) is 66.1 Å². The summed E-state index contributed by atoms with van der Waals surface area (Å²) in [5.41, 5.74) is 2.72. The van der Waals surface area contributed by atoms with Gasteiger partial charge in [-0.15, -0.1) is 0 Å². The van der Waals surface area contributed by atoms with Crippen LogP contribution in [0.2, 0.25) is 0 Å². The molecule has 21 heavy (non-hydrogen) atoms. The van der Waals surface area contributed by atoms with Gasteiger partial charge < -0.3 is 5.32 Å². The number of hydrogen-bond acceptors (Lipinski definition) is 3. The summed E-state index contributed by atoms with van der Waals surface area (Å²) >= 11 is 0. The number of aromatic nitrogens is 2. The normalized spacial score (nSPS) is 20.9. The quantitative estimate of drug-likeness (QED) is 0.906. The van der Waals surface area contributed by atoms with E-state index in [2.05, 4.69) is 60.7 Å². The molecule has 1 atom stereocenters. The van der Waals surface area contributed by atoms with E-state index >= 15 is 0 Å². The zero-order chi connectivity index (χ0) is 15.5. The van der Waals surface area contributed by atoms with Crippen LogP contribution in [-0.2, 0) is 13.1 Å². The van der Waals surface area contributed by atoms with E-state index < -0.39 is 0 Å². The second-order valence-electron chi connectivity index (χ2n) is 7.47. The van der Waals surface area contributed by atoms with E-state index in [0.29, 0.717) is 0 Å². The molecule has 1 aromatic rings. The van der Waals surface area contributed by atoms with Gasteiger partial charge in [0.05, 0.1) is 11.4 Å². The predicted molar refractivity (Wildman–Crippen MR) is 88.4 cm³/mol. The minimum Gasteiger partial charge on any atom is -0.312 e. The second kappa shape index (κ2) is 6.93. The van der Waals surface area contributed by atoms with Crippen molar-refractivity contribution in [2.24, 2.45) is 5.92 Å². The highest BCUT2D eigenvalue weighted by molar-refractivity contribution is 5.09. The number of aryl methyl sites for hydroxylation is 2. The van der Waals surface area contributed by atoms with Crippen LogP contribution in [0, 0.1) is 12.8 Å². The van der Waals surface area contributed by atoms with Gasteiger partial charge in [0, 0.05) is 25.2 Å². The van der Waals surface area contributed by atoms with E-state index in [1.54, 1.807) is 0 Å². The summed E-state index contributed by atoms with van der Waals surface area (Å²) in [6.07, 6.45) is 2.67. The van der Waals surface area contributed by atoms with E-state index in [0.717, 1.165) is 31.2 Å². The van der Waals surface area contributed by atoms with Crippen molar-refractivity contribution in [3.63, 3.8) is 0 Å². The van der Waals surface area contributed by atoms with Crippen molar-refractivity contribution in [1.82, 2.24) is 20.0 Å². The maximum Gasteiger partial charge on any atom is 0.0597 e. The molecule has 4 heteroatoms. The minimum absolute atomic E-state index is 0.222. The van der Waals surface area contributed by atoms with Crippen LogP contribution in [0.25, 0.3) is 0 Å². The third-order valence-corrected chi connectivity index (χ3v) is 4.19. The lowest BCUT2D eigenvalue weighted by atomic mass is 9.96. The molecule has 0 saturated carbocycles. The van der Waals surface area contributed by atoms with Gasteiger partial charge in [-0.3, -0.25) is 9.58 Å². The van der Waals surface area contributed by atoms with Crippen molar-refractivity contribution >= 4 is 0 Å². The molecule has 0 spiro atoms. The van der Waals surface area contributed by atoms with Gasteiger partial charge in [0.15, 0.2) is 0 Å². The van der Waals surface area contributed by atoms with Crippen LogP contribution in [0.3, 0.4) is 0 Å². The molecule has 120 valence electrons.